The van der Waals surface area contributed by atoms with Crippen LogP contribution in [0.5, 0.6) is 0 Å². The van der Waals surface area contributed by atoms with Crippen LogP contribution >= 0.6 is 11.6 Å². The van der Waals surface area contributed by atoms with E-state index in [2.05, 4.69) is 10.4 Å². The van der Waals surface area contributed by atoms with Crippen molar-refractivity contribution in [2.24, 2.45) is 0 Å². The van der Waals surface area contributed by atoms with Crippen molar-refractivity contribution in [2.75, 3.05) is 18.4 Å². The molecule has 0 fully saturated rings. The van der Waals surface area contributed by atoms with Crippen LogP contribution in [-0.2, 0) is 4.79 Å². The highest BCUT2D eigenvalue weighted by atomic mass is 35.5. The summed E-state index contributed by atoms with van der Waals surface area (Å²) in [5.41, 5.74) is 1.12. The molecule has 0 spiro atoms. The molecule has 0 saturated heterocycles. The molecule has 2 amide bonds. The summed E-state index contributed by atoms with van der Waals surface area (Å²) >= 11 is 5.84. The summed E-state index contributed by atoms with van der Waals surface area (Å²) in [4.78, 5) is 26.7. The van der Waals surface area contributed by atoms with E-state index in [1.807, 2.05) is 6.92 Å². The van der Waals surface area contributed by atoms with Crippen molar-refractivity contribution in [3.05, 3.63) is 77.3 Å². The number of nitrogens with zero attached hydrogens (tertiary/aromatic N) is 3. The molecule has 2 aromatic carbocycles. The summed E-state index contributed by atoms with van der Waals surface area (Å²) in [5.74, 6) is -1.11. The van der Waals surface area contributed by atoms with E-state index in [1.165, 1.54) is 28.0 Å². The number of hydrogen-bond donors (Lipinski definition) is 1. The second kappa shape index (κ2) is 9.34. The molecule has 0 aliphatic rings. The zero-order valence-electron chi connectivity index (χ0n) is 15.8. The highest BCUT2D eigenvalue weighted by Crippen LogP contribution is 2.15. The fraction of sp³-hybridized carbons (Fsp3) is 0.190. The molecule has 0 aliphatic carbocycles. The summed E-state index contributed by atoms with van der Waals surface area (Å²) in [7, 11) is 0. The normalized spacial score (nSPS) is 10.6. The molecule has 0 unspecified atom stereocenters. The second-order valence-corrected chi connectivity index (χ2v) is 6.84. The van der Waals surface area contributed by atoms with Gasteiger partial charge in [0.2, 0.25) is 5.91 Å². The van der Waals surface area contributed by atoms with Crippen molar-refractivity contribution < 1.29 is 14.0 Å². The van der Waals surface area contributed by atoms with Crippen LogP contribution in [0.15, 0.2) is 60.9 Å². The van der Waals surface area contributed by atoms with Crippen LogP contribution in [0.2, 0.25) is 5.02 Å². The van der Waals surface area contributed by atoms with Gasteiger partial charge in [-0.3, -0.25) is 9.59 Å². The van der Waals surface area contributed by atoms with Crippen molar-refractivity contribution in [1.82, 2.24) is 14.7 Å². The van der Waals surface area contributed by atoms with E-state index in [0.29, 0.717) is 23.7 Å². The number of amides is 2. The molecular formula is C21H20ClFN4O2. The molecule has 0 bridgehead atoms. The van der Waals surface area contributed by atoms with Gasteiger partial charge in [-0.15, -0.1) is 0 Å². The smallest absolute Gasteiger partial charge is 0.257 e. The number of carbonyl (C=O) groups excluding carboxylic acids is 2. The van der Waals surface area contributed by atoms with Gasteiger partial charge in [0, 0.05) is 23.5 Å². The van der Waals surface area contributed by atoms with Gasteiger partial charge in [0.1, 0.15) is 18.0 Å². The zero-order valence-corrected chi connectivity index (χ0v) is 16.6. The van der Waals surface area contributed by atoms with Gasteiger partial charge in [0.25, 0.3) is 5.91 Å². The van der Waals surface area contributed by atoms with Gasteiger partial charge in [-0.05, 0) is 42.8 Å². The quantitative estimate of drug-likeness (QED) is 0.631. The second-order valence-electron chi connectivity index (χ2n) is 6.41. The SMILES string of the molecule is CCCN(CC(=O)Nc1ccc(Cl)cc1)C(=O)c1cnn(-c2ccccc2F)c1. The third kappa shape index (κ3) is 5.20. The first-order chi connectivity index (χ1) is 14.0. The van der Waals surface area contributed by atoms with Crippen molar-refractivity contribution in [1.29, 1.82) is 0 Å². The Kier molecular flexibility index (Phi) is 6.61. The molecule has 8 heteroatoms. The Morgan fingerprint density at radius 1 is 1.17 bits per heavy atom. The Hall–Kier alpha value is -3.19. The predicted octanol–water partition coefficient (Wildman–Crippen LogP) is 4.16. The molecule has 0 atom stereocenters. The minimum atomic E-state index is -0.442. The number of aromatic nitrogens is 2. The number of nitrogens with one attached hydrogen (secondary N) is 1. The van der Waals surface area contributed by atoms with Crippen LogP contribution in [0, 0.1) is 5.82 Å². The average Bonchev–Trinajstić information content (AvgIpc) is 3.19. The molecular weight excluding hydrogens is 395 g/mol. The van der Waals surface area contributed by atoms with Gasteiger partial charge in [-0.25, -0.2) is 9.07 Å². The van der Waals surface area contributed by atoms with Crippen LogP contribution in [0.1, 0.15) is 23.7 Å². The predicted molar refractivity (Wildman–Crippen MR) is 110 cm³/mol. The molecule has 0 aliphatic heterocycles. The first-order valence-corrected chi connectivity index (χ1v) is 9.50. The van der Waals surface area contributed by atoms with Gasteiger partial charge in [-0.2, -0.15) is 5.10 Å². The number of halogens is 2. The maximum atomic E-state index is 14.0. The highest BCUT2D eigenvalue weighted by Gasteiger charge is 2.20. The zero-order chi connectivity index (χ0) is 20.8. The van der Waals surface area contributed by atoms with Crippen LogP contribution in [0.25, 0.3) is 5.69 Å². The Morgan fingerprint density at radius 3 is 2.59 bits per heavy atom. The van der Waals surface area contributed by atoms with E-state index in [0.717, 1.165) is 0 Å². The monoisotopic (exact) mass is 414 g/mol. The number of anilines is 1. The average molecular weight is 415 g/mol. The highest BCUT2D eigenvalue weighted by molar-refractivity contribution is 6.30. The molecule has 1 aromatic heterocycles. The first-order valence-electron chi connectivity index (χ1n) is 9.12. The molecule has 0 saturated carbocycles. The van der Waals surface area contributed by atoms with Crippen molar-refractivity contribution in [3.63, 3.8) is 0 Å². The third-order valence-electron chi connectivity index (χ3n) is 4.17. The number of benzene rings is 2. The first kappa shape index (κ1) is 20.5. The van der Waals surface area contributed by atoms with Crippen LogP contribution in [0.3, 0.4) is 0 Å². The van der Waals surface area contributed by atoms with E-state index < -0.39 is 5.82 Å². The fourth-order valence-corrected chi connectivity index (χ4v) is 2.94. The molecule has 3 aromatic rings. The summed E-state index contributed by atoms with van der Waals surface area (Å²) < 4.78 is 15.3. The van der Waals surface area contributed by atoms with E-state index in [1.54, 1.807) is 42.5 Å². The Balaban J connectivity index is 1.71. The molecule has 29 heavy (non-hydrogen) atoms. The topological polar surface area (TPSA) is 67.2 Å². The van der Waals surface area contributed by atoms with Crippen LogP contribution < -0.4 is 5.32 Å². The van der Waals surface area contributed by atoms with Gasteiger partial charge in [-0.1, -0.05) is 30.7 Å². The van der Waals surface area contributed by atoms with Gasteiger partial charge in [0.05, 0.1) is 11.8 Å². The van der Waals surface area contributed by atoms with Gasteiger partial charge in [0.15, 0.2) is 0 Å². The Labute approximate surface area is 172 Å². The lowest BCUT2D eigenvalue weighted by molar-refractivity contribution is -0.116. The van der Waals surface area contributed by atoms with Crippen LogP contribution in [-0.4, -0.2) is 39.6 Å². The Morgan fingerprint density at radius 2 is 1.90 bits per heavy atom. The standard InChI is InChI=1S/C21H20ClFN4O2/c1-2-11-26(14-20(28)25-17-9-7-16(22)8-10-17)21(29)15-12-24-27(13-15)19-6-4-3-5-18(19)23/h3-10,12-13H,2,11,14H2,1H3,(H,25,28). The minimum absolute atomic E-state index is 0.111. The van der Waals surface area contributed by atoms with Gasteiger partial charge >= 0.3 is 0 Å². The summed E-state index contributed by atoms with van der Waals surface area (Å²) in [6.45, 7) is 2.21. The summed E-state index contributed by atoms with van der Waals surface area (Å²) in [6.07, 6.45) is 3.51. The molecule has 6 nitrogen and oxygen atoms in total. The van der Waals surface area contributed by atoms with E-state index in [9.17, 15) is 14.0 Å². The van der Waals surface area contributed by atoms with E-state index in [-0.39, 0.29) is 29.6 Å². The lowest BCUT2D eigenvalue weighted by Gasteiger charge is -2.21. The van der Waals surface area contributed by atoms with Gasteiger partial charge < -0.3 is 10.2 Å². The van der Waals surface area contributed by atoms with Crippen LogP contribution in [0.4, 0.5) is 10.1 Å². The minimum Gasteiger partial charge on any atom is -0.329 e. The number of para-hydroxylation sites is 1. The summed E-state index contributed by atoms with van der Waals surface area (Å²) in [6, 6.07) is 12.9. The lowest BCUT2D eigenvalue weighted by atomic mass is 10.2. The number of hydrogen-bond acceptors (Lipinski definition) is 3. The molecule has 1 N–H and O–H groups in total. The third-order valence-corrected chi connectivity index (χ3v) is 4.42. The van der Waals surface area contributed by atoms with E-state index >= 15 is 0 Å². The molecule has 0 radical (unpaired) electrons. The van der Waals surface area contributed by atoms with Crippen molar-refractivity contribution in [3.8, 4) is 5.69 Å². The fourth-order valence-electron chi connectivity index (χ4n) is 2.81. The maximum Gasteiger partial charge on any atom is 0.257 e. The van der Waals surface area contributed by atoms with Crippen molar-refractivity contribution in [2.45, 2.75) is 13.3 Å². The maximum absolute atomic E-state index is 14.0. The molecule has 1 heterocycles. The largest absolute Gasteiger partial charge is 0.329 e. The summed E-state index contributed by atoms with van der Waals surface area (Å²) in [5, 5.41) is 7.39. The number of carbonyl (C=O) groups is 2. The number of rotatable bonds is 7. The van der Waals surface area contributed by atoms with E-state index in [4.69, 9.17) is 11.6 Å². The Bertz CT molecular complexity index is 1000. The molecule has 3 rings (SSSR count). The lowest BCUT2D eigenvalue weighted by Crippen LogP contribution is -2.38. The van der Waals surface area contributed by atoms with Crippen molar-refractivity contribution >= 4 is 29.1 Å². The molecule has 150 valence electrons.